The second kappa shape index (κ2) is 5.91. The highest BCUT2D eigenvalue weighted by Crippen LogP contribution is 2.29. The van der Waals surface area contributed by atoms with Crippen molar-refractivity contribution in [3.63, 3.8) is 0 Å². The number of carbonyl (C=O) groups excluding carboxylic acids is 1. The van der Waals surface area contributed by atoms with Crippen molar-refractivity contribution in [1.82, 2.24) is 19.4 Å². The number of fused-ring (bicyclic) bond motifs is 1. The maximum absolute atomic E-state index is 13.9. The van der Waals surface area contributed by atoms with Gasteiger partial charge in [0, 0.05) is 38.3 Å². The summed E-state index contributed by atoms with van der Waals surface area (Å²) in [4.78, 5) is 22.9. The summed E-state index contributed by atoms with van der Waals surface area (Å²) in [5.74, 6) is -0.980. The highest BCUT2D eigenvalue weighted by molar-refractivity contribution is 5.94. The first-order valence-electron chi connectivity index (χ1n) is 8.05. The van der Waals surface area contributed by atoms with E-state index in [9.17, 15) is 13.6 Å². The van der Waals surface area contributed by atoms with Gasteiger partial charge in [0.05, 0.1) is 22.8 Å². The molecule has 7 heteroatoms. The maximum atomic E-state index is 13.9. The minimum Gasteiger partial charge on any atom is -0.338 e. The number of imidazole rings is 1. The van der Waals surface area contributed by atoms with E-state index in [0.717, 1.165) is 35.4 Å². The summed E-state index contributed by atoms with van der Waals surface area (Å²) < 4.78 is 28.9. The normalized spacial score (nSPS) is 17.4. The van der Waals surface area contributed by atoms with E-state index in [0.29, 0.717) is 13.1 Å². The van der Waals surface area contributed by atoms with Gasteiger partial charge in [-0.1, -0.05) is 0 Å². The molecule has 3 heterocycles. The number of nitrogens with zero attached hydrogens (tertiary/aromatic N) is 4. The molecule has 0 bridgehead atoms. The van der Waals surface area contributed by atoms with Crippen LogP contribution < -0.4 is 0 Å². The van der Waals surface area contributed by atoms with E-state index in [2.05, 4.69) is 9.97 Å². The summed E-state index contributed by atoms with van der Waals surface area (Å²) in [6.07, 6.45) is 4.21. The number of pyridine rings is 1. The Morgan fingerprint density at radius 2 is 2.12 bits per heavy atom. The maximum Gasteiger partial charge on any atom is 0.256 e. The van der Waals surface area contributed by atoms with Crippen LogP contribution in [0.3, 0.4) is 0 Å². The van der Waals surface area contributed by atoms with Crippen LogP contribution in [0.15, 0.2) is 36.7 Å². The van der Waals surface area contributed by atoms with Crippen molar-refractivity contribution in [1.29, 1.82) is 0 Å². The number of carbonyl (C=O) groups is 1. The molecule has 1 saturated heterocycles. The minimum atomic E-state index is -0.831. The Morgan fingerprint density at radius 1 is 1.28 bits per heavy atom. The van der Waals surface area contributed by atoms with Crippen molar-refractivity contribution in [3.05, 3.63) is 59.7 Å². The fourth-order valence-corrected chi connectivity index (χ4v) is 3.41. The lowest BCUT2D eigenvalue weighted by Crippen LogP contribution is -2.29. The summed E-state index contributed by atoms with van der Waals surface area (Å²) in [6.45, 7) is 0.974. The summed E-state index contributed by atoms with van der Waals surface area (Å²) in [5.41, 5.74) is 1.70. The molecular formula is C18H16F2N4O. The SMILES string of the molecule is Cn1c([C@@H]2CCN(C(=O)c3ccc(F)cc3F)C2)nc2ccncc21. The van der Waals surface area contributed by atoms with Crippen molar-refractivity contribution >= 4 is 16.9 Å². The van der Waals surface area contributed by atoms with Gasteiger partial charge >= 0.3 is 0 Å². The summed E-state index contributed by atoms with van der Waals surface area (Å²) >= 11 is 0. The third kappa shape index (κ3) is 2.65. The van der Waals surface area contributed by atoms with Crippen molar-refractivity contribution in [2.45, 2.75) is 12.3 Å². The fraction of sp³-hybridized carbons (Fsp3) is 0.278. The molecule has 1 aliphatic heterocycles. The average molecular weight is 342 g/mol. The van der Waals surface area contributed by atoms with Crippen molar-refractivity contribution in [3.8, 4) is 0 Å². The average Bonchev–Trinajstić information content (AvgIpc) is 3.20. The molecule has 0 aliphatic carbocycles. The number of likely N-dealkylation sites (tertiary alicyclic amines) is 1. The van der Waals surface area contributed by atoms with Crippen LogP contribution >= 0.6 is 0 Å². The van der Waals surface area contributed by atoms with E-state index in [-0.39, 0.29) is 11.5 Å². The zero-order chi connectivity index (χ0) is 17.6. The molecule has 1 amide bonds. The summed E-state index contributed by atoms with van der Waals surface area (Å²) in [7, 11) is 1.93. The predicted octanol–water partition coefficient (Wildman–Crippen LogP) is 2.88. The van der Waals surface area contributed by atoms with Crippen LogP contribution in [0.25, 0.3) is 11.0 Å². The number of hydrogen-bond acceptors (Lipinski definition) is 3. The van der Waals surface area contributed by atoms with E-state index < -0.39 is 17.5 Å². The molecule has 0 saturated carbocycles. The van der Waals surface area contributed by atoms with E-state index in [1.807, 2.05) is 17.7 Å². The Morgan fingerprint density at radius 3 is 2.88 bits per heavy atom. The molecule has 25 heavy (non-hydrogen) atoms. The number of aromatic nitrogens is 3. The van der Waals surface area contributed by atoms with Gasteiger partial charge in [0.2, 0.25) is 0 Å². The number of benzene rings is 1. The standard InChI is InChI=1S/C18H16F2N4O/c1-23-16-9-21-6-4-15(16)22-17(23)11-5-7-24(10-11)18(25)13-3-2-12(19)8-14(13)20/h2-4,6,8-9,11H,5,7,10H2,1H3/t11-/m1/s1. The number of hydrogen-bond donors (Lipinski definition) is 0. The molecule has 128 valence electrons. The van der Waals surface area contributed by atoms with E-state index >= 15 is 0 Å². The van der Waals surface area contributed by atoms with Crippen LogP contribution in [-0.4, -0.2) is 38.4 Å². The van der Waals surface area contributed by atoms with Gasteiger partial charge in [-0.3, -0.25) is 9.78 Å². The third-order valence-corrected chi connectivity index (χ3v) is 4.72. The van der Waals surface area contributed by atoms with Crippen LogP contribution in [0.5, 0.6) is 0 Å². The van der Waals surface area contributed by atoms with Gasteiger partial charge in [0.25, 0.3) is 5.91 Å². The highest BCUT2D eigenvalue weighted by Gasteiger charge is 2.31. The summed E-state index contributed by atoms with van der Waals surface area (Å²) in [6, 6.07) is 4.88. The van der Waals surface area contributed by atoms with E-state index in [1.165, 1.54) is 6.07 Å². The smallest absolute Gasteiger partial charge is 0.256 e. The molecule has 3 aromatic rings. The lowest BCUT2D eigenvalue weighted by atomic mass is 10.1. The lowest BCUT2D eigenvalue weighted by Gasteiger charge is -2.17. The monoisotopic (exact) mass is 342 g/mol. The number of aryl methyl sites for hydroxylation is 1. The lowest BCUT2D eigenvalue weighted by molar-refractivity contribution is 0.0785. The zero-order valence-corrected chi connectivity index (χ0v) is 13.6. The molecule has 0 spiro atoms. The Labute approximate surface area is 142 Å². The fourth-order valence-electron chi connectivity index (χ4n) is 3.41. The quantitative estimate of drug-likeness (QED) is 0.720. The van der Waals surface area contributed by atoms with Crippen molar-refractivity contribution in [2.75, 3.05) is 13.1 Å². The minimum absolute atomic E-state index is 0.0739. The van der Waals surface area contributed by atoms with Crippen LogP contribution in [0.1, 0.15) is 28.5 Å². The summed E-state index contributed by atoms with van der Waals surface area (Å²) in [5, 5.41) is 0. The molecule has 1 aliphatic rings. The molecule has 0 radical (unpaired) electrons. The topological polar surface area (TPSA) is 51.0 Å². The predicted molar refractivity (Wildman–Crippen MR) is 88.1 cm³/mol. The second-order valence-electron chi connectivity index (χ2n) is 6.25. The zero-order valence-electron chi connectivity index (χ0n) is 13.6. The molecular weight excluding hydrogens is 326 g/mol. The first kappa shape index (κ1) is 15.7. The largest absolute Gasteiger partial charge is 0.338 e. The van der Waals surface area contributed by atoms with Gasteiger partial charge < -0.3 is 9.47 Å². The Balaban J connectivity index is 1.58. The number of amides is 1. The molecule has 5 nitrogen and oxygen atoms in total. The molecule has 0 unspecified atom stereocenters. The van der Waals surface area contributed by atoms with Crippen LogP contribution in [0, 0.1) is 11.6 Å². The first-order valence-corrected chi connectivity index (χ1v) is 8.05. The number of halogens is 2. The van der Waals surface area contributed by atoms with Gasteiger partial charge in [0.15, 0.2) is 0 Å². The van der Waals surface area contributed by atoms with Crippen LogP contribution in [-0.2, 0) is 7.05 Å². The molecule has 0 N–H and O–H groups in total. The van der Waals surface area contributed by atoms with Crippen LogP contribution in [0.4, 0.5) is 8.78 Å². The van der Waals surface area contributed by atoms with Gasteiger partial charge in [-0.15, -0.1) is 0 Å². The van der Waals surface area contributed by atoms with E-state index in [4.69, 9.17) is 0 Å². The van der Waals surface area contributed by atoms with Crippen LogP contribution in [0.2, 0.25) is 0 Å². The Kier molecular flexibility index (Phi) is 3.71. The number of rotatable bonds is 2. The van der Waals surface area contributed by atoms with Gasteiger partial charge in [0.1, 0.15) is 17.5 Å². The molecule has 1 fully saturated rings. The Bertz CT molecular complexity index is 969. The van der Waals surface area contributed by atoms with Crippen molar-refractivity contribution < 1.29 is 13.6 Å². The third-order valence-electron chi connectivity index (χ3n) is 4.72. The van der Waals surface area contributed by atoms with E-state index in [1.54, 1.807) is 17.3 Å². The molecule has 2 aromatic heterocycles. The second-order valence-corrected chi connectivity index (χ2v) is 6.25. The first-order chi connectivity index (χ1) is 12.0. The van der Waals surface area contributed by atoms with Crippen molar-refractivity contribution in [2.24, 2.45) is 7.05 Å². The highest BCUT2D eigenvalue weighted by atomic mass is 19.1. The van der Waals surface area contributed by atoms with Gasteiger partial charge in [-0.2, -0.15) is 0 Å². The molecule has 1 aromatic carbocycles. The van der Waals surface area contributed by atoms with Gasteiger partial charge in [-0.05, 0) is 24.6 Å². The molecule has 1 atom stereocenters. The Hall–Kier alpha value is -2.83. The molecule has 4 rings (SSSR count). The van der Waals surface area contributed by atoms with Gasteiger partial charge in [-0.25, -0.2) is 13.8 Å².